The summed E-state index contributed by atoms with van der Waals surface area (Å²) < 4.78 is 10.9. The Balaban J connectivity index is 2.23. The third kappa shape index (κ3) is 6.00. The molecule has 0 radical (unpaired) electrons. The van der Waals surface area contributed by atoms with Crippen LogP contribution >= 0.6 is 11.6 Å². The van der Waals surface area contributed by atoms with E-state index in [4.69, 9.17) is 21.1 Å². The van der Waals surface area contributed by atoms with Crippen LogP contribution in [0.3, 0.4) is 0 Å². The van der Waals surface area contributed by atoms with Crippen LogP contribution in [-0.4, -0.2) is 43.1 Å². The minimum Gasteiger partial charge on any atom is -0.481 e. The molecule has 5 nitrogen and oxygen atoms in total. The topological polar surface area (TPSA) is 55.8 Å². The van der Waals surface area contributed by atoms with Gasteiger partial charge in [-0.3, -0.25) is 4.79 Å². The number of hydrogen-bond acceptors (Lipinski definition) is 4. The summed E-state index contributed by atoms with van der Waals surface area (Å²) in [6, 6.07) is 12.3. The van der Waals surface area contributed by atoms with Gasteiger partial charge in [-0.25, -0.2) is 4.79 Å². The van der Waals surface area contributed by atoms with Crippen LogP contribution in [0.25, 0.3) is 11.1 Å². The van der Waals surface area contributed by atoms with Crippen LogP contribution < -0.4 is 4.74 Å². The molecule has 0 unspecified atom stereocenters. The number of hydrogen-bond donors (Lipinski definition) is 0. The summed E-state index contributed by atoms with van der Waals surface area (Å²) in [5, 5.41) is 0.545. The van der Waals surface area contributed by atoms with E-state index in [0.29, 0.717) is 16.3 Å². The number of benzene rings is 2. The molecule has 144 valence electrons. The van der Waals surface area contributed by atoms with E-state index >= 15 is 0 Å². The third-order valence-electron chi connectivity index (χ3n) is 3.56. The molecule has 27 heavy (non-hydrogen) atoms. The molecule has 2 rings (SSSR count). The zero-order valence-corrected chi connectivity index (χ0v) is 17.0. The second-order valence-electron chi connectivity index (χ2n) is 7.29. The van der Waals surface area contributed by atoms with Crippen molar-refractivity contribution in [3.8, 4) is 16.9 Å². The van der Waals surface area contributed by atoms with Crippen molar-refractivity contribution in [2.24, 2.45) is 0 Å². The monoisotopic (exact) mass is 389 g/mol. The summed E-state index contributed by atoms with van der Waals surface area (Å²) >= 11 is 6.13. The van der Waals surface area contributed by atoms with Gasteiger partial charge in [0, 0.05) is 30.2 Å². The predicted octanol–water partition coefficient (Wildman–Crippen LogP) is 4.43. The van der Waals surface area contributed by atoms with Crippen molar-refractivity contribution in [2.75, 3.05) is 20.7 Å². The number of halogens is 1. The highest BCUT2D eigenvalue weighted by Gasteiger charge is 2.18. The Bertz CT molecular complexity index is 823. The molecule has 0 aliphatic carbocycles. The highest BCUT2D eigenvalue weighted by Crippen LogP contribution is 2.33. The smallest absolute Gasteiger partial charge is 0.344 e. The maximum absolute atomic E-state index is 12.0. The standard InChI is InChI=1S/C21H24ClNO4/c1-21(2,3)27-19(24)13-26-18-11-10-16(22)12-17(18)14-6-8-15(9-7-14)20(25)23(4)5/h6-12H,13H2,1-5H3. The van der Waals surface area contributed by atoms with Gasteiger partial charge >= 0.3 is 5.97 Å². The van der Waals surface area contributed by atoms with E-state index in [2.05, 4.69) is 0 Å². The summed E-state index contributed by atoms with van der Waals surface area (Å²) in [5.74, 6) is -0.0127. The van der Waals surface area contributed by atoms with Gasteiger partial charge in [0.2, 0.25) is 0 Å². The van der Waals surface area contributed by atoms with E-state index in [1.54, 1.807) is 65.2 Å². The minimum absolute atomic E-state index is 0.0750. The third-order valence-corrected chi connectivity index (χ3v) is 3.79. The van der Waals surface area contributed by atoms with E-state index in [1.165, 1.54) is 4.90 Å². The maximum atomic E-state index is 12.0. The number of esters is 1. The molecule has 0 spiro atoms. The maximum Gasteiger partial charge on any atom is 0.344 e. The van der Waals surface area contributed by atoms with Crippen molar-refractivity contribution >= 4 is 23.5 Å². The second-order valence-corrected chi connectivity index (χ2v) is 7.73. The van der Waals surface area contributed by atoms with E-state index in [9.17, 15) is 9.59 Å². The number of rotatable bonds is 5. The van der Waals surface area contributed by atoms with Crippen LogP contribution in [0.5, 0.6) is 5.75 Å². The lowest BCUT2D eigenvalue weighted by Crippen LogP contribution is -2.27. The number of ether oxygens (including phenoxy) is 2. The molecule has 0 fully saturated rings. The van der Waals surface area contributed by atoms with Gasteiger partial charge in [-0.15, -0.1) is 0 Å². The van der Waals surface area contributed by atoms with E-state index < -0.39 is 11.6 Å². The molecule has 0 N–H and O–H groups in total. The average Bonchev–Trinajstić information content (AvgIpc) is 2.58. The van der Waals surface area contributed by atoms with Gasteiger partial charge < -0.3 is 14.4 Å². The minimum atomic E-state index is -0.571. The van der Waals surface area contributed by atoms with E-state index in [0.717, 1.165) is 11.1 Å². The Labute approximate surface area is 164 Å². The molecule has 0 bridgehead atoms. The Morgan fingerprint density at radius 1 is 1.04 bits per heavy atom. The zero-order chi connectivity index (χ0) is 20.2. The average molecular weight is 390 g/mol. The van der Waals surface area contributed by atoms with Gasteiger partial charge in [0.05, 0.1) is 0 Å². The van der Waals surface area contributed by atoms with Crippen molar-refractivity contribution in [2.45, 2.75) is 26.4 Å². The fourth-order valence-electron chi connectivity index (χ4n) is 2.41. The van der Waals surface area contributed by atoms with Gasteiger partial charge in [-0.05, 0) is 56.7 Å². The van der Waals surface area contributed by atoms with Crippen LogP contribution in [0.4, 0.5) is 0 Å². The number of nitrogens with zero attached hydrogens (tertiary/aromatic N) is 1. The molecule has 0 saturated carbocycles. The first-order valence-corrected chi connectivity index (χ1v) is 8.91. The molecule has 2 aromatic rings. The molecule has 0 aromatic heterocycles. The fourth-order valence-corrected chi connectivity index (χ4v) is 2.58. The summed E-state index contributed by atoms with van der Waals surface area (Å²) in [7, 11) is 3.41. The fraction of sp³-hybridized carbons (Fsp3) is 0.333. The molecule has 0 aliphatic rings. The highest BCUT2D eigenvalue weighted by atomic mass is 35.5. The van der Waals surface area contributed by atoms with Crippen LogP contribution in [0.15, 0.2) is 42.5 Å². The summed E-state index contributed by atoms with van der Waals surface area (Å²) in [5.41, 5.74) is 1.57. The van der Waals surface area contributed by atoms with Crippen LogP contribution in [0.1, 0.15) is 31.1 Å². The summed E-state index contributed by atoms with van der Waals surface area (Å²) in [6.07, 6.45) is 0. The summed E-state index contributed by atoms with van der Waals surface area (Å²) in [4.78, 5) is 25.5. The first-order chi connectivity index (χ1) is 12.6. The van der Waals surface area contributed by atoms with Crippen LogP contribution in [-0.2, 0) is 9.53 Å². The predicted molar refractivity (Wildman–Crippen MR) is 106 cm³/mol. The lowest BCUT2D eigenvalue weighted by molar-refractivity contribution is -0.157. The molecule has 0 saturated heterocycles. The number of carbonyl (C=O) groups is 2. The molecular weight excluding hydrogens is 366 g/mol. The van der Waals surface area contributed by atoms with E-state index in [1.807, 2.05) is 12.1 Å². The molecular formula is C21H24ClNO4. The lowest BCUT2D eigenvalue weighted by atomic mass is 10.0. The van der Waals surface area contributed by atoms with Gasteiger partial charge in [-0.1, -0.05) is 23.7 Å². The Morgan fingerprint density at radius 3 is 2.22 bits per heavy atom. The molecule has 0 atom stereocenters. The lowest BCUT2D eigenvalue weighted by Gasteiger charge is -2.20. The van der Waals surface area contributed by atoms with Gasteiger partial charge in [0.15, 0.2) is 6.61 Å². The Hall–Kier alpha value is -2.53. The molecule has 0 heterocycles. The highest BCUT2D eigenvalue weighted by molar-refractivity contribution is 6.31. The summed E-state index contributed by atoms with van der Waals surface area (Å²) in [6.45, 7) is 5.20. The zero-order valence-electron chi connectivity index (χ0n) is 16.2. The van der Waals surface area contributed by atoms with E-state index in [-0.39, 0.29) is 12.5 Å². The normalized spacial score (nSPS) is 11.0. The quantitative estimate of drug-likeness (QED) is 0.710. The van der Waals surface area contributed by atoms with Gasteiger partial charge in [-0.2, -0.15) is 0 Å². The largest absolute Gasteiger partial charge is 0.481 e. The van der Waals surface area contributed by atoms with Crippen molar-refractivity contribution in [1.29, 1.82) is 0 Å². The molecule has 1 amide bonds. The Kier molecular flexibility index (Phi) is 6.50. The van der Waals surface area contributed by atoms with Crippen LogP contribution in [0.2, 0.25) is 5.02 Å². The second kappa shape index (κ2) is 8.44. The van der Waals surface area contributed by atoms with Crippen molar-refractivity contribution in [3.05, 3.63) is 53.1 Å². The Morgan fingerprint density at radius 2 is 1.67 bits per heavy atom. The first kappa shape index (κ1) is 20.8. The molecule has 0 aliphatic heterocycles. The number of amides is 1. The van der Waals surface area contributed by atoms with Crippen LogP contribution in [0, 0.1) is 0 Å². The molecule has 2 aromatic carbocycles. The van der Waals surface area contributed by atoms with Crippen molar-refractivity contribution < 1.29 is 19.1 Å². The first-order valence-electron chi connectivity index (χ1n) is 8.53. The van der Waals surface area contributed by atoms with Crippen molar-refractivity contribution in [1.82, 2.24) is 4.90 Å². The van der Waals surface area contributed by atoms with Gasteiger partial charge in [0.1, 0.15) is 11.4 Å². The molecule has 6 heteroatoms. The SMILES string of the molecule is CN(C)C(=O)c1ccc(-c2cc(Cl)ccc2OCC(=O)OC(C)(C)C)cc1. The van der Waals surface area contributed by atoms with Crippen molar-refractivity contribution in [3.63, 3.8) is 0 Å². The number of carbonyl (C=O) groups excluding carboxylic acids is 2. The van der Waals surface area contributed by atoms with Gasteiger partial charge in [0.25, 0.3) is 5.91 Å².